The second kappa shape index (κ2) is 5.72. The van der Waals surface area contributed by atoms with Gasteiger partial charge >= 0.3 is 0 Å². The summed E-state index contributed by atoms with van der Waals surface area (Å²) < 4.78 is 0. The topological polar surface area (TPSA) is 54.0 Å². The van der Waals surface area contributed by atoms with E-state index < -0.39 is 0 Å². The molecule has 4 nitrogen and oxygen atoms in total. The molecule has 2 rings (SSSR count). The number of anilines is 1. The second-order valence-electron chi connectivity index (χ2n) is 4.08. The molecule has 90 valence electrons. The molecule has 0 aromatic carbocycles. The molecule has 0 spiro atoms. The predicted octanol–water partition coefficient (Wildman–Crippen LogP) is 1.88. The van der Waals surface area contributed by atoms with Crippen LogP contribution in [-0.4, -0.2) is 21.9 Å². The van der Waals surface area contributed by atoms with Crippen LogP contribution in [0.25, 0.3) is 0 Å². The van der Waals surface area contributed by atoms with Crippen LogP contribution >= 0.6 is 12.2 Å². The van der Waals surface area contributed by atoms with Crippen molar-refractivity contribution in [1.82, 2.24) is 10.3 Å². The molecule has 1 aliphatic rings. The van der Waals surface area contributed by atoms with Gasteiger partial charge in [0, 0.05) is 12.6 Å². The van der Waals surface area contributed by atoms with Gasteiger partial charge in [0.2, 0.25) is 0 Å². The van der Waals surface area contributed by atoms with Crippen molar-refractivity contribution < 1.29 is 4.79 Å². The third-order valence-corrected chi connectivity index (χ3v) is 2.99. The zero-order valence-corrected chi connectivity index (χ0v) is 10.3. The maximum Gasteiger partial charge on any atom is 0.172 e. The van der Waals surface area contributed by atoms with Crippen LogP contribution in [0.15, 0.2) is 24.4 Å². The van der Waals surface area contributed by atoms with E-state index in [1.165, 1.54) is 0 Å². The summed E-state index contributed by atoms with van der Waals surface area (Å²) in [4.78, 5) is 15.7. The number of hydrogen-bond donors (Lipinski definition) is 2. The highest BCUT2D eigenvalue weighted by Crippen LogP contribution is 2.14. The summed E-state index contributed by atoms with van der Waals surface area (Å²) in [7, 11) is 0. The molecule has 5 heteroatoms. The lowest BCUT2D eigenvalue weighted by atomic mass is 9.94. The van der Waals surface area contributed by atoms with Gasteiger partial charge in [-0.1, -0.05) is 12.5 Å². The highest BCUT2D eigenvalue weighted by atomic mass is 32.1. The van der Waals surface area contributed by atoms with Gasteiger partial charge in [-0.2, -0.15) is 0 Å². The maximum atomic E-state index is 11.6. The summed E-state index contributed by atoms with van der Waals surface area (Å²) in [6.45, 7) is 0. The van der Waals surface area contributed by atoms with Crippen molar-refractivity contribution in [2.45, 2.75) is 31.7 Å². The van der Waals surface area contributed by atoms with Crippen LogP contribution < -0.4 is 10.6 Å². The molecule has 1 aromatic rings. The normalized spacial score (nSPS) is 19.8. The Morgan fingerprint density at radius 2 is 2.29 bits per heavy atom. The van der Waals surface area contributed by atoms with Crippen molar-refractivity contribution in [1.29, 1.82) is 0 Å². The number of hydrogen-bond acceptors (Lipinski definition) is 3. The van der Waals surface area contributed by atoms with Gasteiger partial charge in [0.1, 0.15) is 5.82 Å². The first-order valence-corrected chi connectivity index (χ1v) is 6.18. The first-order valence-electron chi connectivity index (χ1n) is 5.77. The van der Waals surface area contributed by atoms with E-state index in [1.54, 1.807) is 6.20 Å². The quantitative estimate of drug-likeness (QED) is 0.784. The van der Waals surface area contributed by atoms with Gasteiger partial charge in [-0.05, 0) is 37.2 Å². The van der Waals surface area contributed by atoms with Crippen molar-refractivity contribution in [2.75, 3.05) is 5.32 Å². The monoisotopic (exact) mass is 249 g/mol. The van der Waals surface area contributed by atoms with E-state index in [9.17, 15) is 4.79 Å². The lowest BCUT2D eigenvalue weighted by Crippen LogP contribution is -2.44. The van der Waals surface area contributed by atoms with E-state index in [4.69, 9.17) is 12.2 Å². The number of nitrogens with one attached hydrogen (secondary N) is 2. The fourth-order valence-corrected chi connectivity index (χ4v) is 2.13. The molecule has 0 amide bonds. The molecule has 1 atom stereocenters. The standard InChI is InChI=1S/C12H15N3OS/c16-10-6-2-1-5-9(10)14-12(17)15-11-7-3-4-8-13-11/h3-4,7-9H,1-2,5-6H2,(H2,13,14,15,17). The summed E-state index contributed by atoms with van der Waals surface area (Å²) in [5, 5.41) is 6.48. The van der Waals surface area contributed by atoms with Gasteiger partial charge in [0.05, 0.1) is 6.04 Å². The maximum absolute atomic E-state index is 11.6. The van der Waals surface area contributed by atoms with Crippen LogP contribution in [0.5, 0.6) is 0 Å². The van der Waals surface area contributed by atoms with Crippen LogP contribution in [0.2, 0.25) is 0 Å². The number of Topliss-reactive ketones (excluding diaryl/α,β-unsaturated/α-hetero) is 1. The lowest BCUT2D eigenvalue weighted by Gasteiger charge is -2.23. The summed E-state index contributed by atoms with van der Waals surface area (Å²) in [5.41, 5.74) is 0. The number of carbonyl (C=O) groups excluding carboxylic acids is 1. The van der Waals surface area contributed by atoms with Crippen molar-refractivity contribution in [3.63, 3.8) is 0 Å². The second-order valence-corrected chi connectivity index (χ2v) is 4.49. The summed E-state index contributed by atoms with van der Waals surface area (Å²) in [6, 6.07) is 5.42. The fourth-order valence-electron chi connectivity index (χ4n) is 1.88. The average Bonchev–Trinajstić information content (AvgIpc) is 2.33. The first kappa shape index (κ1) is 12.0. The highest BCUT2D eigenvalue weighted by molar-refractivity contribution is 7.80. The number of nitrogens with zero attached hydrogens (tertiary/aromatic N) is 1. The molecule has 0 bridgehead atoms. The van der Waals surface area contributed by atoms with Crippen molar-refractivity contribution in [2.24, 2.45) is 0 Å². The average molecular weight is 249 g/mol. The lowest BCUT2D eigenvalue weighted by molar-refractivity contribution is -0.122. The van der Waals surface area contributed by atoms with Crippen molar-refractivity contribution >= 4 is 28.9 Å². The van der Waals surface area contributed by atoms with Crippen LogP contribution in [0.4, 0.5) is 5.82 Å². The van der Waals surface area contributed by atoms with Gasteiger partial charge in [-0.15, -0.1) is 0 Å². The summed E-state index contributed by atoms with van der Waals surface area (Å²) in [6.07, 6.45) is 5.29. The molecule has 2 N–H and O–H groups in total. The minimum absolute atomic E-state index is 0.132. The molecule has 1 saturated carbocycles. The number of aromatic nitrogens is 1. The van der Waals surface area contributed by atoms with E-state index in [2.05, 4.69) is 15.6 Å². The minimum Gasteiger partial charge on any atom is -0.353 e. The number of ketones is 1. The molecule has 1 fully saturated rings. The Kier molecular flexibility index (Phi) is 4.03. The van der Waals surface area contributed by atoms with Crippen LogP contribution in [-0.2, 0) is 4.79 Å². The molecule has 0 saturated heterocycles. The van der Waals surface area contributed by atoms with E-state index in [0.717, 1.165) is 19.3 Å². The third-order valence-electron chi connectivity index (χ3n) is 2.77. The van der Waals surface area contributed by atoms with Gasteiger partial charge in [0.25, 0.3) is 0 Å². The highest BCUT2D eigenvalue weighted by Gasteiger charge is 2.22. The van der Waals surface area contributed by atoms with Gasteiger partial charge < -0.3 is 10.6 Å². The number of rotatable bonds is 2. The molecule has 17 heavy (non-hydrogen) atoms. The molecule has 1 heterocycles. The smallest absolute Gasteiger partial charge is 0.172 e. The Morgan fingerprint density at radius 3 is 3.00 bits per heavy atom. The van der Waals surface area contributed by atoms with Crippen LogP contribution in [0.1, 0.15) is 25.7 Å². The number of carbonyl (C=O) groups is 1. The summed E-state index contributed by atoms with van der Waals surface area (Å²) >= 11 is 5.16. The van der Waals surface area contributed by atoms with Crippen LogP contribution in [0, 0.1) is 0 Å². The van der Waals surface area contributed by atoms with E-state index in [0.29, 0.717) is 17.4 Å². The zero-order valence-electron chi connectivity index (χ0n) is 9.48. The van der Waals surface area contributed by atoms with Crippen molar-refractivity contribution in [3.05, 3.63) is 24.4 Å². The van der Waals surface area contributed by atoms with Gasteiger partial charge in [-0.3, -0.25) is 4.79 Å². The number of thiocarbonyl (C=S) groups is 1. The molecule has 0 aliphatic heterocycles. The zero-order chi connectivity index (χ0) is 12.1. The largest absolute Gasteiger partial charge is 0.353 e. The van der Waals surface area contributed by atoms with Gasteiger partial charge in [0.15, 0.2) is 10.9 Å². The molecular weight excluding hydrogens is 234 g/mol. The molecular formula is C12H15N3OS. The van der Waals surface area contributed by atoms with Gasteiger partial charge in [-0.25, -0.2) is 4.98 Å². The molecule has 1 aromatic heterocycles. The van der Waals surface area contributed by atoms with E-state index in [1.807, 2.05) is 18.2 Å². The molecule has 0 radical (unpaired) electrons. The Labute approximate surface area is 106 Å². The van der Waals surface area contributed by atoms with E-state index in [-0.39, 0.29) is 11.8 Å². The molecule has 1 unspecified atom stereocenters. The molecule has 1 aliphatic carbocycles. The third kappa shape index (κ3) is 3.49. The Morgan fingerprint density at radius 1 is 1.41 bits per heavy atom. The summed E-state index contributed by atoms with van der Waals surface area (Å²) in [5.74, 6) is 0.940. The van der Waals surface area contributed by atoms with Crippen LogP contribution in [0.3, 0.4) is 0 Å². The first-order chi connectivity index (χ1) is 8.25. The number of pyridine rings is 1. The van der Waals surface area contributed by atoms with Crippen molar-refractivity contribution in [3.8, 4) is 0 Å². The Hall–Kier alpha value is -1.49. The Bertz CT molecular complexity index is 407. The van der Waals surface area contributed by atoms with E-state index >= 15 is 0 Å². The fraction of sp³-hybridized carbons (Fsp3) is 0.417. The Balaban J connectivity index is 1.87. The SMILES string of the molecule is O=C1CCCCC1NC(=S)Nc1ccccn1. The minimum atomic E-state index is -0.132. The predicted molar refractivity (Wildman–Crippen MR) is 70.9 cm³/mol.